The van der Waals surface area contributed by atoms with Gasteiger partial charge in [-0.25, -0.2) is 0 Å². The Balaban J connectivity index is 2.49. The van der Waals surface area contributed by atoms with Gasteiger partial charge in [-0.15, -0.1) is 0 Å². The monoisotopic (exact) mass is 186 g/mol. The molecule has 0 aromatic heterocycles. The molecule has 0 amide bonds. The van der Waals surface area contributed by atoms with Crippen molar-refractivity contribution < 1.29 is 0 Å². The van der Waals surface area contributed by atoms with Gasteiger partial charge in [0, 0.05) is 30.0 Å². The summed E-state index contributed by atoms with van der Waals surface area (Å²) in [5, 5.41) is 9.09. The molecule has 1 saturated heterocycles. The third-order valence-corrected chi connectivity index (χ3v) is 3.36. The summed E-state index contributed by atoms with van der Waals surface area (Å²) >= 11 is 2.03. The Morgan fingerprint density at radius 3 is 2.33 bits per heavy atom. The van der Waals surface area contributed by atoms with Crippen LogP contribution in [0.15, 0.2) is 0 Å². The van der Waals surface area contributed by atoms with E-state index in [1.807, 2.05) is 11.8 Å². The lowest BCUT2D eigenvalue weighted by Crippen LogP contribution is -2.43. The minimum absolute atomic E-state index is 0.681. The van der Waals surface area contributed by atoms with Crippen LogP contribution in [0, 0.1) is 5.41 Å². The van der Waals surface area contributed by atoms with Gasteiger partial charge >= 0.3 is 0 Å². The Morgan fingerprint density at radius 2 is 1.92 bits per heavy atom. The molecule has 70 valence electrons. The molecule has 1 aliphatic rings. The quantitative estimate of drug-likeness (QED) is 0.502. The highest BCUT2D eigenvalue weighted by Crippen LogP contribution is 2.24. The molecule has 3 heteroatoms. The number of rotatable bonds is 1. The Hall–Kier alpha value is -0.180. The standard InChI is InChI=1S/C9H18N2S/c1-4-9(10)11-5-7(2)12-8(3)6-11/h7-8,10H,4-6H2,1-3H3. The van der Waals surface area contributed by atoms with Gasteiger partial charge in [-0.2, -0.15) is 11.8 Å². The zero-order chi connectivity index (χ0) is 9.14. The molecule has 1 N–H and O–H groups in total. The van der Waals surface area contributed by atoms with Crippen molar-refractivity contribution in [2.45, 2.75) is 37.7 Å². The fourth-order valence-corrected chi connectivity index (χ4v) is 2.95. The summed E-state index contributed by atoms with van der Waals surface area (Å²) in [5.41, 5.74) is 0. The lowest BCUT2D eigenvalue weighted by Gasteiger charge is -2.36. The van der Waals surface area contributed by atoms with Crippen LogP contribution in [0.3, 0.4) is 0 Å². The maximum absolute atomic E-state index is 7.73. The molecule has 2 nitrogen and oxygen atoms in total. The fraction of sp³-hybridized carbons (Fsp3) is 0.889. The van der Waals surface area contributed by atoms with Gasteiger partial charge < -0.3 is 4.90 Å². The van der Waals surface area contributed by atoms with Crippen molar-refractivity contribution in [3.63, 3.8) is 0 Å². The van der Waals surface area contributed by atoms with Gasteiger partial charge in [0.15, 0.2) is 0 Å². The Morgan fingerprint density at radius 1 is 1.42 bits per heavy atom. The van der Waals surface area contributed by atoms with E-state index >= 15 is 0 Å². The van der Waals surface area contributed by atoms with Crippen LogP contribution in [0.1, 0.15) is 27.2 Å². The summed E-state index contributed by atoms with van der Waals surface area (Å²) in [4.78, 5) is 2.21. The van der Waals surface area contributed by atoms with Crippen molar-refractivity contribution in [3.05, 3.63) is 0 Å². The molecule has 1 aliphatic heterocycles. The van der Waals surface area contributed by atoms with Crippen LogP contribution >= 0.6 is 11.8 Å². The summed E-state index contributed by atoms with van der Waals surface area (Å²) in [7, 11) is 0. The fourth-order valence-electron chi connectivity index (χ4n) is 1.62. The second-order valence-corrected chi connectivity index (χ2v) is 5.34. The molecule has 0 aromatic rings. The minimum Gasteiger partial charge on any atom is -0.358 e. The Kier molecular flexibility index (Phi) is 3.44. The molecule has 0 bridgehead atoms. The largest absolute Gasteiger partial charge is 0.358 e. The minimum atomic E-state index is 0.681. The molecule has 2 unspecified atom stereocenters. The van der Waals surface area contributed by atoms with E-state index in [1.165, 1.54) is 0 Å². The molecule has 1 heterocycles. The Bertz CT molecular complexity index is 160. The second-order valence-electron chi connectivity index (χ2n) is 3.46. The molecular formula is C9H18N2S. The number of thioether (sulfide) groups is 1. The van der Waals surface area contributed by atoms with E-state index in [2.05, 4.69) is 25.7 Å². The van der Waals surface area contributed by atoms with E-state index in [0.29, 0.717) is 10.5 Å². The maximum Gasteiger partial charge on any atom is 0.0955 e. The van der Waals surface area contributed by atoms with Gasteiger partial charge in [0.05, 0.1) is 5.84 Å². The summed E-state index contributed by atoms with van der Waals surface area (Å²) < 4.78 is 0. The number of amidine groups is 1. The molecule has 1 rings (SSSR count). The number of nitrogens with one attached hydrogen (secondary N) is 1. The van der Waals surface area contributed by atoms with Crippen molar-refractivity contribution >= 4 is 17.6 Å². The first kappa shape index (κ1) is 9.90. The highest BCUT2D eigenvalue weighted by Gasteiger charge is 2.22. The van der Waals surface area contributed by atoms with Crippen molar-refractivity contribution in [1.29, 1.82) is 5.41 Å². The van der Waals surface area contributed by atoms with E-state index in [1.54, 1.807) is 0 Å². The average Bonchev–Trinajstić information content (AvgIpc) is 2.01. The van der Waals surface area contributed by atoms with Gasteiger partial charge in [-0.3, -0.25) is 5.41 Å². The van der Waals surface area contributed by atoms with Crippen LogP contribution < -0.4 is 0 Å². The predicted octanol–water partition coefficient (Wildman–Crippen LogP) is 2.20. The smallest absolute Gasteiger partial charge is 0.0955 e. The molecule has 0 spiro atoms. The molecule has 2 atom stereocenters. The maximum atomic E-state index is 7.73. The highest BCUT2D eigenvalue weighted by atomic mass is 32.2. The molecule has 0 radical (unpaired) electrons. The van der Waals surface area contributed by atoms with Crippen LogP contribution in [-0.4, -0.2) is 34.3 Å². The topological polar surface area (TPSA) is 27.1 Å². The summed E-state index contributed by atoms with van der Waals surface area (Å²) in [6.45, 7) is 8.66. The van der Waals surface area contributed by atoms with E-state index in [9.17, 15) is 0 Å². The predicted molar refractivity (Wildman–Crippen MR) is 56.1 cm³/mol. The normalized spacial score (nSPS) is 30.4. The lowest BCUT2D eigenvalue weighted by molar-refractivity contribution is 0.401. The van der Waals surface area contributed by atoms with Gasteiger partial charge in [0.25, 0.3) is 0 Å². The SMILES string of the molecule is CCC(=N)N1CC(C)SC(C)C1. The van der Waals surface area contributed by atoms with E-state index in [-0.39, 0.29) is 0 Å². The van der Waals surface area contributed by atoms with Gasteiger partial charge in [0.1, 0.15) is 0 Å². The highest BCUT2D eigenvalue weighted by molar-refractivity contribution is 8.00. The zero-order valence-corrected chi connectivity index (χ0v) is 8.95. The summed E-state index contributed by atoms with van der Waals surface area (Å²) in [5.74, 6) is 0.800. The van der Waals surface area contributed by atoms with Crippen LogP contribution in [0.25, 0.3) is 0 Å². The number of hydrogen-bond acceptors (Lipinski definition) is 2. The first-order valence-corrected chi connectivity index (χ1v) is 5.55. The molecule has 0 aliphatic carbocycles. The van der Waals surface area contributed by atoms with Crippen LogP contribution in [0.2, 0.25) is 0 Å². The van der Waals surface area contributed by atoms with Gasteiger partial charge in [0.2, 0.25) is 0 Å². The number of nitrogens with zero attached hydrogens (tertiary/aromatic N) is 1. The summed E-state index contributed by atoms with van der Waals surface area (Å²) in [6, 6.07) is 0. The number of hydrogen-bond donors (Lipinski definition) is 1. The lowest BCUT2D eigenvalue weighted by atomic mass is 10.3. The molecule has 1 fully saturated rings. The first-order chi connectivity index (χ1) is 5.63. The zero-order valence-electron chi connectivity index (χ0n) is 8.13. The van der Waals surface area contributed by atoms with Crippen molar-refractivity contribution in [3.8, 4) is 0 Å². The third-order valence-electron chi connectivity index (χ3n) is 2.14. The molecular weight excluding hydrogens is 168 g/mol. The third kappa shape index (κ3) is 2.41. The summed E-state index contributed by atoms with van der Waals surface area (Å²) in [6.07, 6.45) is 0.865. The van der Waals surface area contributed by atoms with Crippen molar-refractivity contribution in [2.75, 3.05) is 13.1 Å². The van der Waals surface area contributed by atoms with Crippen LogP contribution in [0.4, 0.5) is 0 Å². The van der Waals surface area contributed by atoms with E-state index in [4.69, 9.17) is 5.41 Å². The molecule has 0 aromatic carbocycles. The van der Waals surface area contributed by atoms with Gasteiger partial charge in [-0.1, -0.05) is 20.8 Å². The average molecular weight is 186 g/mol. The molecule has 0 saturated carbocycles. The van der Waals surface area contributed by atoms with Gasteiger partial charge in [-0.05, 0) is 0 Å². The first-order valence-electron chi connectivity index (χ1n) is 4.61. The Labute approximate surface area is 79.2 Å². The van der Waals surface area contributed by atoms with Crippen molar-refractivity contribution in [2.24, 2.45) is 0 Å². The van der Waals surface area contributed by atoms with Crippen molar-refractivity contribution in [1.82, 2.24) is 4.90 Å². The van der Waals surface area contributed by atoms with Crippen LogP contribution in [-0.2, 0) is 0 Å². The van der Waals surface area contributed by atoms with E-state index < -0.39 is 0 Å². The second kappa shape index (κ2) is 4.17. The molecule has 12 heavy (non-hydrogen) atoms. The van der Waals surface area contributed by atoms with E-state index in [0.717, 1.165) is 25.3 Å². The van der Waals surface area contributed by atoms with Crippen LogP contribution in [0.5, 0.6) is 0 Å².